The maximum atomic E-state index is 13.4. The zero-order valence-corrected chi connectivity index (χ0v) is 18.5. The molecule has 0 bridgehead atoms. The lowest BCUT2D eigenvalue weighted by Gasteiger charge is -2.31. The zero-order valence-electron chi connectivity index (χ0n) is 16.9. The average molecular weight is 462 g/mol. The molecule has 1 spiro atoms. The molecular formula is C21H23N3O5S2. The van der Waals surface area contributed by atoms with Crippen LogP contribution in [0, 0.1) is 0 Å². The first-order valence-electron chi connectivity index (χ1n) is 10.3. The summed E-state index contributed by atoms with van der Waals surface area (Å²) in [6.07, 6.45) is 2.32. The van der Waals surface area contributed by atoms with E-state index < -0.39 is 21.6 Å². The average Bonchev–Trinajstić information content (AvgIpc) is 3.35. The van der Waals surface area contributed by atoms with Gasteiger partial charge in [0.05, 0.1) is 24.7 Å². The molecule has 2 saturated heterocycles. The third-order valence-corrected chi connectivity index (χ3v) is 9.06. The molecule has 5 rings (SSSR count). The Morgan fingerprint density at radius 1 is 1.16 bits per heavy atom. The largest absolute Gasteiger partial charge is 0.379 e. The maximum Gasteiger partial charge on any atom is 0.325 e. The van der Waals surface area contributed by atoms with Crippen molar-refractivity contribution >= 4 is 33.3 Å². The van der Waals surface area contributed by atoms with Crippen molar-refractivity contribution in [2.75, 3.05) is 26.3 Å². The Morgan fingerprint density at radius 2 is 1.97 bits per heavy atom. The number of sulfonamides is 1. The van der Waals surface area contributed by atoms with Gasteiger partial charge in [0.1, 0.15) is 5.54 Å². The van der Waals surface area contributed by atoms with Gasteiger partial charge in [0.2, 0.25) is 10.0 Å². The van der Waals surface area contributed by atoms with E-state index in [2.05, 4.69) is 5.32 Å². The normalized spacial score (nSPS) is 24.5. The molecule has 1 N–H and O–H groups in total. The van der Waals surface area contributed by atoms with E-state index in [-0.39, 0.29) is 17.3 Å². The van der Waals surface area contributed by atoms with Crippen molar-refractivity contribution < 1.29 is 22.7 Å². The van der Waals surface area contributed by atoms with E-state index in [0.717, 1.165) is 23.3 Å². The van der Waals surface area contributed by atoms with Gasteiger partial charge in [-0.25, -0.2) is 13.2 Å². The van der Waals surface area contributed by atoms with Gasteiger partial charge in [0.25, 0.3) is 5.91 Å². The Bertz CT molecular complexity index is 1140. The number of hydrogen-bond donors (Lipinski definition) is 1. The van der Waals surface area contributed by atoms with Crippen molar-refractivity contribution in [1.29, 1.82) is 0 Å². The highest BCUT2D eigenvalue weighted by atomic mass is 32.2. The molecule has 31 heavy (non-hydrogen) atoms. The third kappa shape index (κ3) is 3.38. The number of hydrogen-bond acceptors (Lipinski definition) is 6. The topological polar surface area (TPSA) is 96.0 Å². The first-order valence-corrected chi connectivity index (χ1v) is 12.6. The van der Waals surface area contributed by atoms with Gasteiger partial charge in [-0.3, -0.25) is 9.69 Å². The fourth-order valence-corrected chi connectivity index (χ4v) is 7.09. The van der Waals surface area contributed by atoms with E-state index in [1.165, 1.54) is 9.21 Å². The van der Waals surface area contributed by atoms with Gasteiger partial charge in [-0.2, -0.15) is 4.31 Å². The molecule has 8 nitrogen and oxygen atoms in total. The molecule has 3 aliphatic rings. The van der Waals surface area contributed by atoms with E-state index in [9.17, 15) is 18.0 Å². The van der Waals surface area contributed by atoms with Crippen LogP contribution in [0.15, 0.2) is 40.6 Å². The van der Waals surface area contributed by atoms with Crippen molar-refractivity contribution in [1.82, 2.24) is 14.5 Å². The standard InChI is InChI=1S/C21H23N3O5S2/c25-19-21(7-2-5-18-17(21)6-12-30-18)22-20(26)24(19)14-15-3-1-4-16(13-15)31(27,28)23-8-10-29-11-9-23/h1,3-4,6,12-13H,2,5,7-11,14H2,(H,22,26). The van der Waals surface area contributed by atoms with E-state index in [1.54, 1.807) is 35.6 Å². The summed E-state index contributed by atoms with van der Waals surface area (Å²) in [6.45, 7) is 1.39. The van der Waals surface area contributed by atoms with Crippen LogP contribution in [0.4, 0.5) is 4.79 Å². The summed E-state index contributed by atoms with van der Waals surface area (Å²) < 4.78 is 32.6. The number of fused-ring (bicyclic) bond motifs is 2. The zero-order chi connectivity index (χ0) is 21.6. The molecule has 2 aromatic rings. The third-order valence-electron chi connectivity index (χ3n) is 6.18. The smallest absolute Gasteiger partial charge is 0.325 e. The van der Waals surface area contributed by atoms with E-state index in [4.69, 9.17) is 4.74 Å². The molecular weight excluding hydrogens is 438 g/mol. The Balaban J connectivity index is 1.41. The summed E-state index contributed by atoms with van der Waals surface area (Å²) in [5.41, 5.74) is 0.492. The number of carbonyl (C=O) groups excluding carboxylic acids is 2. The summed E-state index contributed by atoms with van der Waals surface area (Å²) in [7, 11) is -3.65. The number of morpholine rings is 1. The summed E-state index contributed by atoms with van der Waals surface area (Å²) in [5.74, 6) is -0.265. The molecule has 1 unspecified atom stereocenters. The molecule has 164 valence electrons. The number of urea groups is 1. The highest BCUT2D eigenvalue weighted by Gasteiger charge is 2.54. The molecule has 1 aliphatic carbocycles. The Morgan fingerprint density at radius 3 is 2.77 bits per heavy atom. The first kappa shape index (κ1) is 20.6. The summed E-state index contributed by atoms with van der Waals surface area (Å²) in [4.78, 5) is 28.7. The predicted octanol–water partition coefficient (Wildman–Crippen LogP) is 2.05. The molecule has 3 heterocycles. The van der Waals surface area contributed by atoms with Crippen molar-refractivity contribution in [2.24, 2.45) is 0 Å². The van der Waals surface area contributed by atoms with Crippen LogP contribution in [0.1, 0.15) is 28.8 Å². The van der Waals surface area contributed by atoms with Gasteiger partial charge in [-0.05, 0) is 48.4 Å². The second kappa shape index (κ2) is 7.70. The number of ether oxygens (including phenoxy) is 1. The van der Waals surface area contributed by atoms with Crippen LogP contribution in [0.3, 0.4) is 0 Å². The van der Waals surface area contributed by atoms with Gasteiger partial charge in [-0.1, -0.05) is 12.1 Å². The number of thiophene rings is 1. The summed E-state index contributed by atoms with van der Waals surface area (Å²) in [5, 5.41) is 4.89. The van der Waals surface area contributed by atoms with Crippen molar-refractivity contribution in [2.45, 2.75) is 36.2 Å². The number of aryl methyl sites for hydroxylation is 1. The minimum Gasteiger partial charge on any atom is -0.379 e. The van der Waals surface area contributed by atoms with Crippen molar-refractivity contribution in [3.05, 3.63) is 51.7 Å². The highest BCUT2D eigenvalue weighted by Crippen LogP contribution is 2.42. The molecule has 0 radical (unpaired) electrons. The number of nitrogens with zero attached hydrogens (tertiary/aromatic N) is 2. The second-order valence-corrected chi connectivity index (χ2v) is 10.9. The van der Waals surface area contributed by atoms with Crippen LogP contribution in [0.2, 0.25) is 0 Å². The van der Waals surface area contributed by atoms with Crippen molar-refractivity contribution in [3.8, 4) is 0 Å². The van der Waals surface area contributed by atoms with Crippen molar-refractivity contribution in [3.63, 3.8) is 0 Å². The lowest BCUT2D eigenvalue weighted by Crippen LogP contribution is -2.46. The number of imide groups is 1. The lowest BCUT2D eigenvalue weighted by molar-refractivity contribution is -0.132. The highest BCUT2D eigenvalue weighted by molar-refractivity contribution is 7.89. The summed E-state index contributed by atoms with van der Waals surface area (Å²) in [6, 6.07) is 7.96. The van der Waals surface area contributed by atoms with E-state index >= 15 is 0 Å². The minimum absolute atomic E-state index is 0.0261. The number of rotatable bonds is 4. The SMILES string of the molecule is O=C1NC2(CCCc3sccc32)C(=O)N1Cc1cccc(S(=O)(=O)N2CCOCC2)c1. The molecule has 1 aromatic carbocycles. The van der Waals surface area contributed by atoms with Crippen LogP contribution in [-0.4, -0.2) is 55.9 Å². The van der Waals surface area contributed by atoms with Crippen LogP contribution in [0.25, 0.3) is 0 Å². The summed E-state index contributed by atoms with van der Waals surface area (Å²) >= 11 is 1.61. The fraction of sp³-hybridized carbons (Fsp3) is 0.429. The first-order chi connectivity index (χ1) is 14.9. The van der Waals surface area contributed by atoms with E-state index in [1.807, 2.05) is 11.4 Å². The van der Waals surface area contributed by atoms with Crippen LogP contribution < -0.4 is 5.32 Å². The number of amides is 3. The quantitative estimate of drug-likeness (QED) is 0.703. The molecule has 3 amide bonds. The minimum atomic E-state index is -3.65. The second-order valence-electron chi connectivity index (χ2n) is 8.00. The molecule has 1 aromatic heterocycles. The monoisotopic (exact) mass is 461 g/mol. The van der Waals surface area contributed by atoms with Crippen LogP contribution in [-0.2, 0) is 38.1 Å². The van der Waals surface area contributed by atoms with Gasteiger partial charge < -0.3 is 10.1 Å². The number of nitrogens with one attached hydrogen (secondary N) is 1. The van der Waals surface area contributed by atoms with Crippen LogP contribution >= 0.6 is 11.3 Å². The van der Waals surface area contributed by atoms with Gasteiger partial charge >= 0.3 is 6.03 Å². The lowest BCUT2D eigenvalue weighted by atomic mass is 9.80. The van der Waals surface area contributed by atoms with E-state index in [0.29, 0.717) is 38.3 Å². The Labute approximate surface area is 184 Å². The van der Waals surface area contributed by atoms with Crippen LogP contribution in [0.5, 0.6) is 0 Å². The van der Waals surface area contributed by atoms with Gasteiger partial charge in [0, 0.05) is 23.5 Å². The molecule has 10 heteroatoms. The van der Waals surface area contributed by atoms with Gasteiger partial charge in [0.15, 0.2) is 0 Å². The molecule has 2 fully saturated rings. The van der Waals surface area contributed by atoms with Gasteiger partial charge in [-0.15, -0.1) is 11.3 Å². The molecule has 2 aliphatic heterocycles. The predicted molar refractivity (Wildman–Crippen MR) is 114 cm³/mol. The molecule has 0 saturated carbocycles. The number of carbonyl (C=O) groups is 2. The number of benzene rings is 1. The molecule has 1 atom stereocenters. The fourth-order valence-electron chi connectivity index (χ4n) is 4.61. The Hall–Kier alpha value is -2.27. The maximum absolute atomic E-state index is 13.4. The Kier molecular flexibility index (Phi) is 5.12.